The van der Waals surface area contributed by atoms with Crippen molar-refractivity contribution >= 4 is 52.2 Å². The molecule has 3 aromatic rings. The average molecular weight is 436 g/mol. The number of nitrogens with zero attached hydrogens (tertiary/aromatic N) is 3. The number of primary amides is 1. The maximum Gasteiger partial charge on any atom is 0.234 e. The zero-order valence-electron chi connectivity index (χ0n) is 15.0. The lowest BCUT2D eigenvalue weighted by Gasteiger charge is -2.09. The number of aryl methyl sites for hydroxylation is 1. The molecule has 0 saturated heterocycles. The van der Waals surface area contributed by atoms with E-state index in [2.05, 4.69) is 15.5 Å². The third-order valence-corrected chi connectivity index (χ3v) is 5.92. The lowest BCUT2D eigenvalue weighted by atomic mass is 10.2. The molecule has 146 valence electrons. The minimum absolute atomic E-state index is 0.128. The molecule has 10 heteroatoms. The number of thiophene rings is 1. The minimum atomic E-state index is -0.409. The lowest BCUT2D eigenvalue weighted by molar-refractivity contribution is -0.118. The molecule has 0 aliphatic rings. The van der Waals surface area contributed by atoms with Crippen LogP contribution in [0.25, 0.3) is 10.7 Å². The van der Waals surface area contributed by atoms with E-state index in [9.17, 15) is 9.59 Å². The van der Waals surface area contributed by atoms with Crippen LogP contribution in [0.5, 0.6) is 0 Å². The molecular weight excluding hydrogens is 418 g/mol. The van der Waals surface area contributed by atoms with Crippen molar-refractivity contribution in [3.8, 4) is 10.7 Å². The van der Waals surface area contributed by atoms with Gasteiger partial charge in [-0.05, 0) is 36.1 Å². The van der Waals surface area contributed by atoms with Crippen LogP contribution in [-0.2, 0) is 16.1 Å². The van der Waals surface area contributed by atoms with Crippen LogP contribution in [-0.4, -0.2) is 32.3 Å². The maximum atomic E-state index is 12.3. The first-order chi connectivity index (χ1) is 13.4. The largest absolute Gasteiger partial charge is 0.370 e. The van der Waals surface area contributed by atoms with Gasteiger partial charge in [0.15, 0.2) is 11.0 Å². The highest BCUT2D eigenvalue weighted by molar-refractivity contribution is 7.99. The Bertz CT molecular complexity index is 988. The van der Waals surface area contributed by atoms with Gasteiger partial charge in [-0.1, -0.05) is 35.5 Å². The molecular formula is C18H18ClN5O2S2. The van der Waals surface area contributed by atoms with Crippen molar-refractivity contribution in [1.82, 2.24) is 14.8 Å². The molecule has 0 fully saturated rings. The van der Waals surface area contributed by atoms with Crippen molar-refractivity contribution in [3.05, 3.63) is 46.3 Å². The molecule has 0 atom stereocenters. The number of nitrogens with one attached hydrogen (secondary N) is 1. The SMILES string of the molecule is Cc1ccc(NC(=O)CSc2nnc(-c3cccs3)n2CCC(N)=O)c(Cl)c1. The van der Waals surface area contributed by atoms with Crippen LogP contribution in [0.3, 0.4) is 0 Å². The summed E-state index contributed by atoms with van der Waals surface area (Å²) < 4.78 is 1.81. The highest BCUT2D eigenvalue weighted by Crippen LogP contribution is 2.28. The topological polar surface area (TPSA) is 103 Å². The van der Waals surface area contributed by atoms with E-state index in [0.29, 0.717) is 28.2 Å². The van der Waals surface area contributed by atoms with E-state index in [-0.39, 0.29) is 18.1 Å². The second-order valence-corrected chi connectivity index (χ2v) is 8.27. The molecule has 3 rings (SSSR count). The Morgan fingerprint density at radius 1 is 1.32 bits per heavy atom. The molecule has 0 bridgehead atoms. The van der Waals surface area contributed by atoms with Crippen molar-refractivity contribution in [1.29, 1.82) is 0 Å². The standard InChI is InChI=1S/C18H18ClN5O2S2/c1-11-4-5-13(12(19)9-11)21-16(26)10-28-18-23-22-17(14-3-2-8-27-14)24(18)7-6-15(20)25/h2-5,8-9H,6-7,10H2,1H3,(H2,20,25)(H,21,26). The molecule has 0 aliphatic carbocycles. The predicted molar refractivity (Wildman–Crippen MR) is 113 cm³/mol. The highest BCUT2D eigenvalue weighted by Gasteiger charge is 2.17. The van der Waals surface area contributed by atoms with Crippen molar-refractivity contribution in [2.75, 3.05) is 11.1 Å². The molecule has 2 amide bonds. The number of amides is 2. The summed E-state index contributed by atoms with van der Waals surface area (Å²) in [7, 11) is 0. The van der Waals surface area contributed by atoms with Crippen LogP contribution in [0.1, 0.15) is 12.0 Å². The number of nitrogens with two attached hydrogens (primary N) is 1. The molecule has 1 aromatic carbocycles. The summed E-state index contributed by atoms with van der Waals surface area (Å²) in [5.41, 5.74) is 6.86. The summed E-state index contributed by atoms with van der Waals surface area (Å²) in [6, 6.07) is 9.28. The summed E-state index contributed by atoms with van der Waals surface area (Å²) in [5, 5.41) is 14.2. The molecule has 3 N–H and O–H groups in total. The average Bonchev–Trinajstić information content (AvgIpc) is 3.29. The second-order valence-electron chi connectivity index (χ2n) is 5.97. The fraction of sp³-hybridized carbons (Fsp3) is 0.222. The van der Waals surface area contributed by atoms with Crippen LogP contribution in [0.4, 0.5) is 5.69 Å². The van der Waals surface area contributed by atoms with Gasteiger partial charge in [-0.2, -0.15) is 0 Å². The van der Waals surface area contributed by atoms with Gasteiger partial charge in [0.25, 0.3) is 0 Å². The molecule has 0 unspecified atom stereocenters. The zero-order valence-corrected chi connectivity index (χ0v) is 17.4. The lowest BCUT2D eigenvalue weighted by Crippen LogP contribution is -2.16. The van der Waals surface area contributed by atoms with E-state index in [1.807, 2.05) is 35.1 Å². The number of aromatic nitrogens is 3. The number of thioether (sulfide) groups is 1. The molecule has 0 aliphatic heterocycles. The second kappa shape index (κ2) is 9.22. The summed E-state index contributed by atoms with van der Waals surface area (Å²) >= 11 is 8.92. The first-order valence-electron chi connectivity index (χ1n) is 8.38. The fourth-order valence-corrected chi connectivity index (χ4v) is 4.21. The first kappa shape index (κ1) is 20.4. The maximum absolute atomic E-state index is 12.3. The van der Waals surface area contributed by atoms with E-state index in [1.54, 1.807) is 12.1 Å². The Hall–Kier alpha value is -2.36. The van der Waals surface area contributed by atoms with E-state index in [1.165, 1.54) is 23.1 Å². The van der Waals surface area contributed by atoms with Crippen molar-refractivity contribution < 1.29 is 9.59 Å². The smallest absolute Gasteiger partial charge is 0.234 e. The molecule has 0 spiro atoms. The van der Waals surface area contributed by atoms with E-state index >= 15 is 0 Å². The highest BCUT2D eigenvalue weighted by atomic mass is 35.5. The van der Waals surface area contributed by atoms with Crippen molar-refractivity contribution in [2.24, 2.45) is 5.73 Å². The van der Waals surface area contributed by atoms with Crippen LogP contribution in [0.2, 0.25) is 5.02 Å². The monoisotopic (exact) mass is 435 g/mol. The molecule has 0 saturated carbocycles. The van der Waals surface area contributed by atoms with Gasteiger partial charge in [0.05, 0.1) is 21.3 Å². The number of hydrogen-bond donors (Lipinski definition) is 2. The number of anilines is 1. The van der Waals surface area contributed by atoms with Crippen LogP contribution in [0.15, 0.2) is 40.9 Å². The first-order valence-corrected chi connectivity index (χ1v) is 10.6. The van der Waals surface area contributed by atoms with Crippen LogP contribution in [0, 0.1) is 6.92 Å². The van der Waals surface area contributed by atoms with E-state index in [4.69, 9.17) is 17.3 Å². The summed E-state index contributed by atoms with van der Waals surface area (Å²) in [6.07, 6.45) is 0.162. The van der Waals surface area contributed by atoms with Gasteiger partial charge in [0, 0.05) is 13.0 Å². The Morgan fingerprint density at radius 3 is 2.82 bits per heavy atom. The zero-order chi connectivity index (χ0) is 20.1. The van der Waals surface area contributed by atoms with Gasteiger partial charge in [-0.25, -0.2) is 0 Å². The Morgan fingerprint density at radius 2 is 2.14 bits per heavy atom. The molecule has 7 nitrogen and oxygen atoms in total. The van der Waals surface area contributed by atoms with E-state index < -0.39 is 5.91 Å². The molecule has 2 aromatic heterocycles. The van der Waals surface area contributed by atoms with Crippen LogP contribution < -0.4 is 11.1 Å². The number of carbonyl (C=O) groups is 2. The predicted octanol–water partition coefficient (Wildman–Crippen LogP) is 3.57. The molecule has 2 heterocycles. The number of halogens is 1. The summed E-state index contributed by atoms with van der Waals surface area (Å²) in [4.78, 5) is 24.5. The van der Waals surface area contributed by atoms with E-state index in [0.717, 1.165) is 10.4 Å². The number of rotatable bonds is 8. The summed E-state index contributed by atoms with van der Waals surface area (Å²) in [5.74, 6) is 0.163. The van der Waals surface area contributed by atoms with Gasteiger partial charge in [-0.15, -0.1) is 21.5 Å². The fourth-order valence-electron chi connectivity index (χ4n) is 2.45. The Balaban J connectivity index is 1.70. The van der Waals surface area contributed by atoms with Crippen molar-refractivity contribution in [2.45, 2.75) is 25.0 Å². The van der Waals surface area contributed by atoms with Crippen molar-refractivity contribution in [3.63, 3.8) is 0 Å². The van der Waals surface area contributed by atoms with Gasteiger partial charge in [0.1, 0.15) is 0 Å². The van der Waals surface area contributed by atoms with Gasteiger partial charge in [-0.3, -0.25) is 9.59 Å². The third-order valence-electron chi connectivity index (χ3n) is 3.77. The number of carbonyl (C=O) groups excluding carboxylic acids is 2. The quantitative estimate of drug-likeness (QED) is 0.526. The van der Waals surface area contributed by atoms with Crippen LogP contribution >= 0.6 is 34.7 Å². The Kier molecular flexibility index (Phi) is 6.71. The van der Waals surface area contributed by atoms with Gasteiger partial charge in [0.2, 0.25) is 11.8 Å². The molecule has 0 radical (unpaired) electrons. The Labute approximate surface area is 175 Å². The minimum Gasteiger partial charge on any atom is -0.370 e. The molecule has 28 heavy (non-hydrogen) atoms. The number of benzene rings is 1. The van der Waals surface area contributed by atoms with Gasteiger partial charge < -0.3 is 15.6 Å². The normalized spacial score (nSPS) is 10.8. The van der Waals surface area contributed by atoms with Gasteiger partial charge >= 0.3 is 0 Å². The number of hydrogen-bond acceptors (Lipinski definition) is 6. The summed E-state index contributed by atoms with van der Waals surface area (Å²) in [6.45, 7) is 2.28. The third kappa shape index (κ3) is 5.12.